The summed E-state index contributed by atoms with van der Waals surface area (Å²) in [6, 6.07) is 13.5. The van der Waals surface area contributed by atoms with Gasteiger partial charge in [0.1, 0.15) is 0 Å². The first-order chi connectivity index (χ1) is 13.1. The first kappa shape index (κ1) is 18.6. The third-order valence-corrected chi connectivity index (χ3v) is 6.47. The highest BCUT2D eigenvalue weighted by atomic mass is 35.5. The maximum atomic E-state index is 6.24. The van der Waals surface area contributed by atoms with E-state index in [-0.39, 0.29) is 0 Å². The summed E-state index contributed by atoms with van der Waals surface area (Å²) >= 11 is 15.4. The number of fused-ring (bicyclic) bond motifs is 1. The second-order valence-corrected chi connectivity index (χ2v) is 8.50. The minimum absolute atomic E-state index is 0.671. The molecule has 0 atom stereocenters. The van der Waals surface area contributed by atoms with Gasteiger partial charge < -0.3 is 5.32 Å². The van der Waals surface area contributed by atoms with Gasteiger partial charge in [0.05, 0.1) is 10.2 Å². The number of hydrogen-bond acceptors (Lipinski definition) is 6. The van der Waals surface area contributed by atoms with Crippen molar-refractivity contribution in [3.63, 3.8) is 0 Å². The largest absolute Gasteiger partial charge is 0.300 e. The van der Waals surface area contributed by atoms with E-state index in [2.05, 4.69) is 27.4 Å². The van der Waals surface area contributed by atoms with E-state index in [1.807, 2.05) is 47.0 Å². The highest BCUT2D eigenvalue weighted by Gasteiger charge is 2.14. The molecule has 0 radical (unpaired) electrons. The molecule has 0 unspecified atom stereocenters. The van der Waals surface area contributed by atoms with E-state index in [4.69, 9.17) is 23.2 Å². The number of halogens is 2. The van der Waals surface area contributed by atoms with Gasteiger partial charge in [-0.05, 0) is 36.8 Å². The number of thioether (sulfide) groups is 1. The number of nitrogens with one attached hydrogen (secondary N) is 1. The molecule has 27 heavy (non-hydrogen) atoms. The van der Waals surface area contributed by atoms with Gasteiger partial charge in [0.15, 0.2) is 10.3 Å². The second-order valence-electron chi connectivity index (χ2n) is 5.69. The lowest BCUT2D eigenvalue weighted by molar-refractivity contribution is 0.688. The Kier molecular flexibility index (Phi) is 5.54. The molecule has 2 heterocycles. The molecule has 1 N–H and O–H groups in total. The van der Waals surface area contributed by atoms with Crippen molar-refractivity contribution in [2.75, 3.05) is 5.32 Å². The number of nitrogens with zero attached hydrogens (tertiary/aromatic N) is 4. The van der Waals surface area contributed by atoms with Gasteiger partial charge >= 0.3 is 0 Å². The molecule has 0 bridgehead atoms. The lowest BCUT2D eigenvalue weighted by Gasteiger charge is -2.08. The van der Waals surface area contributed by atoms with Crippen LogP contribution in [-0.4, -0.2) is 19.7 Å². The quantitative estimate of drug-likeness (QED) is 0.362. The van der Waals surface area contributed by atoms with Gasteiger partial charge in [0.2, 0.25) is 5.95 Å². The normalized spacial score (nSPS) is 11.2. The van der Waals surface area contributed by atoms with E-state index in [1.165, 1.54) is 11.3 Å². The number of aromatic nitrogens is 4. The van der Waals surface area contributed by atoms with Gasteiger partial charge in [-0.1, -0.05) is 64.5 Å². The molecule has 2 aromatic heterocycles. The Balaban J connectivity index is 1.54. The summed E-state index contributed by atoms with van der Waals surface area (Å²) in [4.78, 5) is 4.58. The van der Waals surface area contributed by atoms with Gasteiger partial charge in [-0.15, -0.1) is 10.2 Å². The van der Waals surface area contributed by atoms with E-state index in [1.54, 1.807) is 11.8 Å². The molecule has 0 saturated carbocycles. The molecule has 0 aliphatic heterocycles. The van der Waals surface area contributed by atoms with Crippen LogP contribution in [0.2, 0.25) is 10.0 Å². The topological polar surface area (TPSA) is 55.6 Å². The Hall–Kier alpha value is -1.80. The van der Waals surface area contributed by atoms with Crippen molar-refractivity contribution in [2.45, 2.75) is 24.4 Å². The first-order valence-corrected chi connectivity index (χ1v) is 10.8. The lowest BCUT2D eigenvalue weighted by Crippen LogP contribution is -2.03. The number of rotatable bonds is 6. The summed E-state index contributed by atoms with van der Waals surface area (Å²) in [5, 5.41) is 15.0. The Labute approximate surface area is 174 Å². The van der Waals surface area contributed by atoms with Crippen LogP contribution in [0, 0.1) is 0 Å². The first-order valence-electron chi connectivity index (χ1n) is 8.26. The Bertz CT molecular complexity index is 1090. The maximum absolute atomic E-state index is 6.24. The zero-order chi connectivity index (χ0) is 18.8. The molecule has 4 rings (SSSR count). The third-order valence-electron chi connectivity index (χ3n) is 3.92. The summed E-state index contributed by atoms with van der Waals surface area (Å²) < 4.78 is 3.06. The van der Waals surface area contributed by atoms with Crippen molar-refractivity contribution >= 4 is 67.6 Å². The SMILES string of the molecule is CCn1c(Nc2nc3ccc(Cl)cc3s2)nnc1SCc1ccccc1Cl. The van der Waals surface area contributed by atoms with Crippen molar-refractivity contribution in [1.29, 1.82) is 0 Å². The smallest absolute Gasteiger partial charge is 0.231 e. The molecular formula is C18H15Cl2N5S2. The van der Waals surface area contributed by atoms with Gasteiger partial charge in [-0.2, -0.15) is 0 Å². The zero-order valence-electron chi connectivity index (χ0n) is 14.3. The highest BCUT2D eigenvalue weighted by molar-refractivity contribution is 7.98. The van der Waals surface area contributed by atoms with Crippen LogP contribution in [0.1, 0.15) is 12.5 Å². The van der Waals surface area contributed by atoms with Crippen LogP contribution in [0.15, 0.2) is 47.6 Å². The van der Waals surface area contributed by atoms with Crippen molar-refractivity contribution < 1.29 is 0 Å². The maximum Gasteiger partial charge on any atom is 0.231 e. The Morgan fingerprint density at radius 1 is 1.15 bits per heavy atom. The summed E-state index contributed by atoms with van der Waals surface area (Å²) in [6.07, 6.45) is 0. The number of anilines is 2. The van der Waals surface area contributed by atoms with Crippen LogP contribution in [0.25, 0.3) is 10.2 Å². The van der Waals surface area contributed by atoms with Crippen LogP contribution in [-0.2, 0) is 12.3 Å². The summed E-state index contributed by atoms with van der Waals surface area (Å²) in [6.45, 7) is 2.81. The molecule has 5 nitrogen and oxygen atoms in total. The molecule has 0 aliphatic rings. The molecule has 138 valence electrons. The third kappa shape index (κ3) is 4.06. The average Bonchev–Trinajstić information content (AvgIpc) is 3.23. The lowest BCUT2D eigenvalue weighted by atomic mass is 10.2. The zero-order valence-corrected chi connectivity index (χ0v) is 17.5. The van der Waals surface area contributed by atoms with Gasteiger partial charge in [0, 0.05) is 22.3 Å². The van der Waals surface area contributed by atoms with E-state index in [0.717, 1.165) is 43.4 Å². The molecule has 4 aromatic rings. The Morgan fingerprint density at radius 2 is 2.00 bits per heavy atom. The monoisotopic (exact) mass is 435 g/mol. The van der Waals surface area contributed by atoms with Crippen molar-refractivity contribution in [3.05, 3.63) is 58.1 Å². The van der Waals surface area contributed by atoms with Crippen LogP contribution in [0.3, 0.4) is 0 Å². The number of hydrogen-bond donors (Lipinski definition) is 1. The Morgan fingerprint density at radius 3 is 2.81 bits per heavy atom. The molecule has 0 aliphatic carbocycles. The standard InChI is InChI=1S/C18H15Cl2N5S2/c1-2-25-16(22-17-21-14-8-7-12(19)9-15(14)27-17)23-24-18(25)26-10-11-5-3-4-6-13(11)20/h3-9H,2,10H2,1H3,(H,21,22,23). The molecule has 2 aromatic carbocycles. The minimum atomic E-state index is 0.671. The fraction of sp³-hybridized carbons (Fsp3) is 0.167. The van der Waals surface area contributed by atoms with Crippen molar-refractivity contribution in [2.24, 2.45) is 0 Å². The molecule has 9 heteroatoms. The minimum Gasteiger partial charge on any atom is -0.300 e. The average molecular weight is 436 g/mol. The fourth-order valence-electron chi connectivity index (χ4n) is 2.58. The van der Waals surface area contributed by atoms with E-state index >= 15 is 0 Å². The van der Waals surface area contributed by atoms with E-state index < -0.39 is 0 Å². The molecule has 0 fully saturated rings. The van der Waals surface area contributed by atoms with Crippen molar-refractivity contribution in [1.82, 2.24) is 19.7 Å². The summed E-state index contributed by atoms with van der Waals surface area (Å²) in [5.74, 6) is 1.40. The van der Waals surface area contributed by atoms with Crippen LogP contribution in [0.4, 0.5) is 11.1 Å². The summed E-state index contributed by atoms with van der Waals surface area (Å²) in [5.41, 5.74) is 1.98. The molecule has 0 saturated heterocycles. The molecular weight excluding hydrogens is 421 g/mol. The fourth-order valence-corrected chi connectivity index (χ4v) is 5.00. The highest BCUT2D eigenvalue weighted by Crippen LogP contribution is 2.31. The van der Waals surface area contributed by atoms with Gasteiger partial charge in [-0.25, -0.2) is 4.98 Å². The number of thiazole rings is 1. The van der Waals surface area contributed by atoms with E-state index in [0.29, 0.717) is 11.0 Å². The summed E-state index contributed by atoms with van der Waals surface area (Å²) in [7, 11) is 0. The van der Waals surface area contributed by atoms with Gasteiger partial charge in [-0.3, -0.25) is 4.57 Å². The van der Waals surface area contributed by atoms with E-state index in [9.17, 15) is 0 Å². The van der Waals surface area contributed by atoms with Crippen LogP contribution in [0.5, 0.6) is 0 Å². The second kappa shape index (κ2) is 8.06. The van der Waals surface area contributed by atoms with Crippen molar-refractivity contribution in [3.8, 4) is 0 Å². The molecule has 0 spiro atoms. The number of benzene rings is 2. The van der Waals surface area contributed by atoms with Crippen LogP contribution >= 0.6 is 46.3 Å². The van der Waals surface area contributed by atoms with Crippen LogP contribution < -0.4 is 5.32 Å². The predicted molar refractivity (Wildman–Crippen MR) is 115 cm³/mol. The predicted octanol–water partition coefficient (Wildman–Crippen LogP) is 6.25. The molecule has 0 amide bonds. The van der Waals surface area contributed by atoms with Gasteiger partial charge in [0.25, 0.3) is 0 Å².